The third kappa shape index (κ3) is 10.8. The second-order valence-electron chi connectivity index (χ2n) is 1.93. The van der Waals surface area contributed by atoms with E-state index in [0.717, 1.165) is 0 Å². The Labute approximate surface area is 96.0 Å². The smallest absolute Gasteiger partial charge is 0.0481 e. The molecule has 0 radical (unpaired) electrons. The number of terminal acetylenes is 2. The van der Waals surface area contributed by atoms with Gasteiger partial charge >= 0.3 is 0 Å². The molecule has 0 unspecified atom stereocenters. The van der Waals surface area contributed by atoms with E-state index in [1.165, 1.54) is 6.21 Å². The summed E-state index contributed by atoms with van der Waals surface area (Å²) in [7, 11) is 0. The Hall–Kier alpha value is -3.23. The van der Waals surface area contributed by atoms with Gasteiger partial charge in [-0.05, 0) is 47.7 Å². The first kappa shape index (κ1) is 12.8. The zero-order chi connectivity index (χ0) is 11.9. The minimum Gasteiger partial charge on any atom is -0.205 e. The molecule has 0 heterocycles. The highest BCUT2D eigenvalue weighted by molar-refractivity contribution is 5.73. The van der Waals surface area contributed by atoms with E-state index < -0.39 is 0 Å². The molecule has 0 aliphatic heterocycles. The Kier molecular flexibility index (Phi) is 9.39. The van der Waals surface area contributed by atoms with Crippen molar-refractivity contribution < 1.29 is 0 Å². The minimum absolute atomic E-state index is 1.48. The molecule has 0 aromatic carbocycles. The summed E-state index contributed by atoms with van der Waals surface area (Å²) in [6.07, 6.45) is 14.4. The first-order valence-electron chi connectivity index (χ1n) is 4.01. The van der Waals surface area contributed by atoms with E-state index >= 15 is 0 Å². The Bertz CT molecular complexity index is 543. The monoisotopic (exact) mass is 199 g/mol. The van der Waals surface area contributed by atoms with Crippen LogP contribution in [0.2, 0.25) is 0 Å². The van der Waals surface area contributed by atoms with E-state index in [0.29, 0.717) is 0 Å². The van der Waals surface area contributed by atoms with Gasteiger partial charge in [-0.2, -0.15) is 0 Å². The zero-order valence-electron chi connectivity index (χ0n) is 8.33. The highest BCUT2D eigenvalue weighted by Gasteiger charge is 1.60. The molecule has 0 aromatic heterocycles. The van der Waals surface area contributed by atoms with Gasteiger partial charge in [0.15, 0.2) is 0 Å². The molecule has 0 N–H and O–H groups in total. The number of aliphatic imine (C=N–C) groups is 1. The van der Waals surface area contributed by atoms with Crippen LogP contribution in [0.5, 0.6) is 0 Å². The molecule has 70 valence electrons. The molecule has 0 saturated carbocycles. The van der Waals surface area contributed by atoms with E-state index in [-0.39, 0.29) is 0 Å². The molecule has 0 spiro atoms. The standard InChI is InChI=1S/C15H5N/c1-3-5-7-9-10-11-13-15-16-14-12-8-6-4-2/h1-2,11,13,15H/b13-11+,16-15?. The lowest BCUT2D eigenvalue weighted by Crippen LogP contribution is -1.61. The number of hydrogen-bond donors (Lipinski definition) is 0. The molecule has 1 heteroatoms. The van der Waals surface area contributed by atoms with Crippen LogP contribution in [-0.4, -0.2) is 6.21 Å². The number of rotatable bonds is 1. The minimum atomic E-state index is 1.48. The summed E-state index contributed by atoms with van der Waals surface area (Å²) in [6, 6.07) is 2.43. The predicted molar refractivity (Wildman–Crippen MR) is 66.4 cm³/mol. The van der Waals surface area contributed by atoms with Crippen molar-refractivity contribution >= 4 is 6.21 Å². The third-order valence-corrected chi connectivity index (χ3v) is 0.927. The molecule has 0 saturated heterocycles. The molecule has 0 aliphatic rings. The second kappa shape index (κ2) is 11.8. The largest absolute Gasteiger partial charge is 0.205 e. The van der Waals surface area contributed by atoms with Gasteiger partial charge < -0.3 is 0 Å². The van der Waals surface area contributed by atoms with Gasteiger partial charge in [0.2, 0.25) is 0 Å². The van der Waals surface area contributed by atoms with Gasteiger partial charge in [-0.3, -0.25) is 0 Å². The van der Waals surface area contributed by atoms with Gasteiger partial charge in [-0.25, -0.2) is 4.99 Å². The van der Waals surface area contributed by atoms with Gasteiger partial charge in [0.05, 0.1) is 0 Å². The Morgan fingerprint density at radius 3 is 2.19 bits per heavy atom. The van der Waals surface area contributed by atoms with E-state index in [1.54, 1.807) is 12.2 Å². The molecular weight excluding hydrogens is 194 g/mol. The van der Waals surface area contributed by atoms with E-state index in [9.17, 15) is 0 Å². The van der Waals surface area contributed by atoms with Crippen molar-refractivity contribution in [3.8, 4) is 72.2 Å². The third-order valence-electron chi connectivity index (χ3n) is 0.927. The van der Waals surface area contributed by atoms with Crippen LogP contribution in [0.4, 0.5) is 0 Å². The predicted octanol–water partition coefficient (Wildman–Crippen LogP) is 0.851. The quantitative estimate of drug-likeness (QED) is 0.438. The van der Waals surface area contributed by atoms with E-state index in [2.05, 4.69) is 64.3 Å². The lowest BCUT2D eigenvalue weighted by atomic mass is 10.5. The van der Waals surface area contributed by atoms with Crippen molar-refractivity contribution in [2.75, 3.05) is 0 Å². The molecule has 0 aromatic rings. The van der Waals surface area contributed by atoms with Gasteiger partial charge in [0.25, 0.3) is 0 Å². The number of nitrogens with zero attached hydrogens (tertiary/aromatic N) is 1. The molecule has 16 heavy (non-hydrogen) atoms. The lowest BCUT2D eigenvalue weighted by Gasteiger charge is -1.66. The molecule has 0 fully saturated rings. The maximum absolute atomic E-state index is 4.89. The van der Waals surface area contributed by atoms with Crippen molar-refractivity contribution in [3.63, 3.8) is 0 Å². The average molecular weight is 199 g/mol. The van der Waals surface area contributed by atoms with Crippen molar-refractivity contribution in [3.05, 3.63) is 12.2 Å². The first-order valence-corrected chi connectivity index (χ1v) is 4.01. The summed E-state index contributed by atoms with van der Waals surface area (Å²) >= 11 is 0. The molecule has 0 rings (SSSR count). The molecule has 0 aliphatic carbocycles. The molecule has 0 bridgehead atoms. The zero-order valence-corrected chi connectivity index (χ0v) is 8.33. The van der Waals surface area contributed by atoms with Crippen LogP contribution in [0, 0.1) is 72.2 Å². The van der Waals surface area contributed by atoms with Crippen LogP contribution >= 0.6 is 0 Å². The van der Waals surface area contributed by atoms with Crippen LogP contribution in [0.3, 0.4) is 0 Å². The van der Waals surface area contributed by atoms with E-state index in [1.807, 2.05) is 0 Å². The topological polar surface area (TPSA) is 12.4 Å². The first-order chi connectivity index (χ1) is 7.91. The fourth-order valence-electron chi connectivity index (χ4n) is 0.444. The Morgan fingerprint density at radius 1 is 0.812 bits per heavy atom. The summed E-state index contributed by atoms with van der Waals surface area (Å²) < 4.78 is 0. The molecule has 0 amide bonds. The summed E-state index contributed by atoms with van der Waals surface area (Å²) in [5.74, 6) is 21.4. The molecular formula is C15H5N. The van der Waals surface area contributed by atoms with Crippen LogP contribution in [0.1, 0.15) is 0 Å². The summed E-state index contributed by atoms with van der Waals surface area (Å²) in [4.78, 5) is 3.70. The van der Waals surface area contributed by atoms with Gasteiger partial charge in [0.1, 0.15) is 0 Å². The summed E-state index contributed by atoms with van der Waals surface area (Å²) in [5, 5.41) is 0. The maximum Gasteiger partial charge on any atom is 0.0481 e. The van der Waals surface area contributed by atoms with Crippen LogP contribution in [-0.2, 0) is 0 Å². The second-order valence-corrected chi connectivity index (χ2v) is 1.93. The number of hydrogen-bond acceptors (Lipinski definition) is 1. The SMILES string of the molecule is C#CC#CC#C/C=C/C=NC#CC#CC#C. The van der Waals surface area contributed by atoms with E-state index in [4.69, 9.17) is 12.8 Å². The van der Waals surface area contributed by atoms with Crippen LogP contribution in [0.15, 0.2) is 17.1 Å². The highest BCUT2D eigenvalue weighted by atomic mass is 14.6. The summed E-state index contributed by atoms with van der Waals surface area (Å²) in [5.41, 5.74) is 0. The lowest BCUT2D eigenvalue weighted by molar-refractivity contribution is 1.72. The van der Waals surface area contributed by atoms with Crippen molar-refractivity contribution in [2.24, 2.45) is 4.99 Å². The fraction of sp³-hybridized carbons (Fsp3) is 0. The molecule has 0 atom stereocenters. The van der Waals surface area contributed by atoms with Gasteiger partial charge in [0, 0.05) is 24.1 Å². The normalized spacial score (nSPS) is 6.62. The maximum atomic E-state index is 4.89. The Morgan fingerprint density at radius 2 is 1.50 bits per heavy atom. The van der Waals surface area contributed by atoms with Crippen molar-refractivity contribution in [2.45, 2.75) is 0 Å². The Balaban J connectivity index is 4.05. The van der Waals surface area contributed by atoms with Crippen LogP contribution < -0.4 is 0 Å². The fourth-order valence-corrected chi connectivity index (χ4v) is 0.444. The van der Waals surface area contributed by atoms with Gasteiger partial charge in [-0.1, -0.05) is 5.92 Å². The number of allylic oxidation sites excluding steroid dienone is 2. The molecule has 1 nitrogen and oxygen atoms in total. The van der Waals surface area contributed by atoms with Crippen molar-refractivity contribution in [1.29, 1.82) is 0 Å². The average Bonchev–Trinajstić information content (AvgIpc) is 2.31. The summed E-state index contributed by atoms with van der Waals surface area (Å²) in [6.45, 7) is 0. The van der Waals surface area contributed by atoms with Gasteiger partial charge in [-0.15, -0.1) is 12.8 Å². The van der Waals surface area contributed by atoms with Crippen molar-refractivity contribution in [1.82, 2.24) is 0 Å². The highest BCUT2D eigenvalue weighted by Crippen LogP contribution is 1.67. The van der Waals surface area contributed by atoms with Crippen LogP contribution in [0.25, 0.3) is 0 Å².